The third-order valence-corrected chi connectivity index (χ3v) is 6.24. The predicted molar refractivity (Wildman–Crippen MR) is 102 cm³/mol. The van der Waals surface area contributed by atoms with E-state index in [9.17, 15) is 4.79 Å². The topological polar surface area (TPSA) is 61.4 Å². The molecule has 2 aliphatic rings. The molecule has 0 atom stereocenters. The molecule has 1 saturated heterocycles. The van der Waals surface area contributed by atoms with Crippen LogP contribution in [0.2, 0.25) is 0 Å². The van der Waals surface area contributed by atoms with Crippen LogP contribution in [0.5, 0.6) is 0 Å². The van der Waals surface area contributed by atoms with E-state index in [-0.39, 0.29) is 5.91 Å². The molecule has 0 unspecified atom stereocenters. The molecule has 0 radical (unpaired) electrons. The number of carbonyl (C=O) groups is 1. The van der Waals surface area contributed by atoms with Crippen LogP contribution in [0.15, 0.2) is 6.33 Å². The van der Waals surface area contributed by atoms with Crippen molar-refractivity contribution in [1.29, 1.82) is 0 Å². The van der Waals surface area contributed by atoms with E-state index in [0.29, 0.717) is 6.04 Å². The van der Waals surface area contributed by atoms with Crippen molar-refractivity contribution < 1.29 is 4.79 Å². The molecule has 0 aromatic carbocycles. The Morgan fingerprint density at radius 1 is 1.28 bits per heavy atom. The Balaban J connectivity index is 1.61. The largest absolute Gasteiger partial charge is 0.353 e. The zero-order chi connectivity index (χ0) is 17.4. The van der Waals surface area contributed by atoms with Gasteiger partial charge in [-0.2, -0.15) is 0 Å². The van der Waals surface area contributed by atoms with Gasteiger partial charge in [0.1, 0.15) is 17.0 Å². The fraction of sp³-hybridized carbons (Fsp3) is 0.611. The van der Waals surface area contributed by atoms with Crippen LogP contribution in [0.25, 0.3) is 10.2 Å². The summed E-state index contributed by atoms with van der Waals surface area (Å²) in [5, 5.41) is 4.15. The van der Waals surface area contributed by atoms with Crippen LogP contribution in [0, 0.1) is 6.92 Å². The molecule has 1 aliphatic carbocycles. The summed E-state index contributed by atoms with van der Waals surface area (Å²) in [7, 11) is 0. The number of piperazine rings is 1. The lowest BCUT2D eigenvalue weighted by Gasteiger charge is -2.35. The van der Waals surface area contributed by atoms with Crippen molar-refractivity contribution >= 4 is 33.3 Å². The minimum Gasteiger partial charge on any atom is -0.353 e. The lowest BCUT2D eigenvalue weighted by molar-refractivity contribution is 0.0954. The molecule has 6 nitrogen and oxygen atoms in total. The number of amides is 1. The zero-order valence-electron chi connectivity index (χ0n) is 14.9. The van der Waals surface area contributed by atoms with Gasteiger partial charge in [0.15, 0.2) is 0 Å². The third kappa shape index (κ3) is 3.35. The van der Waals surface area contributed by atoms with E-state index in [1.165, 1.54) is 17.8 Å². The fourth-order valence-corrected chi connectivity index (χ4v) is 4.53. The molecule has 1 saturated carbocycles. The molecule has 1 aliphatic heterocycles. The first kappa shape index (κ1) is 16.7. The van der Waals surface area contributed by atoms with Crippen LogP contribution in [0.4, 0.5) is 5.82 Å². The smallest absolute Gasteiger partial charge is 0.261 e. The molecule has 2 aromatic rings. The maximum Gasteiger partial charge on any atom is 0.261 e. The summed E-state index contributed by atoms with van der Waals surface area (Å²) in [5.74, 6) is 1.03. The molecule has 1 amide bonds. The summed E-state index contributed by atoms with van der Waals surface area (Å²) in [6.07, 6.45) is 5.03. The zero-order valence-corrected chi connectivity index (χ0v) is 15.7. The average molecular weight is 359 g/mol. The van der Waals surface area contributed by atoms with Gasteiger partial charge in [0, 0.05) is 32.2 Å². The first-order valence-corrected chi connectivity index (χ1v) is 10.0. The van der Waals surface area contributed by atoms with Crippen LogP contribution in [-0.2, 0) is 0 Å². The highest BCUT2D eigenvalue weighted by molar-refractivity contribution is 7.20. The number of hydrogen-bond donors (Lipinski definition) is 1. The number of anilines is 1. The highest BCUT2D eigenvalue weighted by Gasteiger charge is 2.28. The highest BCUT2D eigenvalue weighted by Crippen LogP contribution is 2.35. The summed E-state index contributed by atoms with van der Waals surface area (Å²) in [6.45, 7) is 9.51. The number of carbonyl (C=O) groups excluding carboxylic acids is 1. The number of rotatable bonds is 5. The molecule has 0 bridgehead atoms. The first-order valence-electron chi connectivity index (χ1n) is 9.19. The van der Waals surface area contributed by atoms with Crippen LogP contribution < -0.4 is 10.2 Å². The third-order valence-electron chi connectivity index (χ3n) is 5.04. The molecule has 4 rings (SSSR count). The van der Waals surface area contributed by atoms with Gasteiger partial charge in [-0.25, -0.2) is 9.97 Å². The second kappa shape index (κ2) is 6.88. The van der Waals surface area contributed by atoms with Gasteiger partial charge < -0.3 is 10.2 Å². The van der Waals surface area contributed by atoms with Gasteiger partial charge in [-0.3, -0.25) is 9.69 Å². The second-order valence-electron chi connectivity index (χ2n) is 7.01. The Labute approximate surface area is 152 Å². The summed E-state index contributed by atoms with van der Waals surface area (Å²) < 4.78 is 0. The Bertz CT molecular complexity index is 777. The molecule has 3 heterocycles. The molecule has 1 N–H and O–H groups in total. The van der Waals surface area contributed by atoms with Crippen molar-refractivity contribution in [3.63, 3.8) is 0 Å². The SMILES string of the molecule is CCCN1CCN(c2ncnc3sc(C(=O)NC4CC4)c(C)c23)CC1. The van der Waals surface area contributed by atoms with E-state index in [1.807, 2.05) is 6.92 Å². The van der Waals surface area contributed by atoms with Crippen molar-refractivity contribution in [3.8, 4) is 0 Å². The van der Waals surface area contributed by atoms with Crippen LogP contribution in [-0.4, -0.2) is 59.5 Å². The minimum absolute atomic E-state index is 0.0433. The van der Waals surface area contributed by atoms with E-state index in [4.69, 9.17) is 0 Å². The summed E-state index contributed by atoms with van der Waals surface area (Å²) in [6, 6.07) is 0.370. The maximum atomic E-state index is 12.5. The first-order chi connectivity index (χ1) is 12.2. The number of fused-ring (bicyclic) bond motifs is 1. The van der Waals surface area contributed by atoms with Crippen molar-refractivity contribution in [3.05, 3.63) is 16.8 Å². The normalized spacial score (nSPS) is 18.7. The number of aryl methyl sites for hydroxylation is 1. The van der Waals surface area contributed by atoms with Crippen molar-refractivity contribution in [2.75, 3.05) is 37.6 Å². The molecular weight excluding hydrogens is 334 g/mol. The second-order valence-corrected chi connectivity index (χ2v) is 8.01. The lowest BCUT2D eigenvalue weighted by atomic mass is 10.1. The van der Waals surface area contributed by atoms with Gasteiger partial charge >= 0.3 is 0 Å². The Hall–Kier alpha value is -1.73. The maximum absolute atomic E-state index is 12.5. The van der Waals surface area contributed by atoms with Gasteiger partial charge in [-0.1, -0.05) is 6.92 Å². The number of nitrogens with one attached hydrogen (secondary N) is 1. The van der Waals surface area contributed by atoms with Crippen molar-refractivity contribution in [2.24, 2.45) is 0 Å². The Kier molecular flexibility index (Phi) is 4.60. The van der Waals surface area contributed by atoms with Gasteiger partial charge in [0.2, 0.25) is 0 Å². The number of hydrogen-bond acceptors (Lipinski definition) is 6. The molecule has 134 valence electrons. The standard InChI is InChI=1S/C18H25N5OS/c1-3-6-22-7-9-23(10-8-22)16-14-12(2)15(17(24)21-13-4-5-13)25-18(14)20-11-19-16/h11,13H,3-10H2,1-2H3,(H,21,24). The Morgan fingerprint density at radius 2 is 2.04 bits per heavy atom. The number of thiophene rings is 1. The van der Waals surface area contributed by atoms with Crippen molar-refractivity contribution in [2.45, 2.75) is 39.2 Å². The monoisotopic (exact) mass is 359 g/mol. The summed E-state index contributed by atoms with van der Waals surface area (Å²) >= 11 is 1.49. The van der Waals surface area contributed by atoms with Gasteiger partial charge in [0.05, 0.1) is 10.3 Å². The van der Waals surface area contributed by atoms with E-state index in [2.05, 4.69) is 32.0 Å². The number of aromatic nitrogens is 2. The molecule has 2 fully saturated rings. The van der Waals surface area contributed by atoms with E-state index in [1.54, 1.807) is 6.33 Å². The average Bonchev–Trinajstić information content (AvgIpc) is 3.37. The predicted octanol–water partition coefficient (Wildman–Crippen LogP) is 2.42. The molecule has 7 heteroatoms. The summed E-state index contributed by atoms with van der Waals surface area (Å²) in [5.41, 5.74) is 1.02. The van der Waals surface area contributed by atoms with Crippen LogP contribution in [0.3, 0.4) is 0 Å². The van der Waals surface area contributed by atoms with E-state index >= 15 is 0 Å². The number of nitrogens with zero attached hydrogens (tertiary/aromatic N) is 4. The molecule has 25 heavy (non-hydrogen) atoms. The van der Waals surface area contributed by atoms with Crippen LogP contribution in [0.1, 0.15) is 41.4 Å². The van der Waals surface area contributed by atoms with E-state index < -0.39 is 0 Å². The summed E-state index contributed by atoms with van der Waals surface area (Å²) in [4.78, 5) is 28.1. The van der Waals surface area contributed by atoms with Gasteiger partial charge in [0.25, 0.3) is 5.91 Å². The van der Waals surface area contributed by atoms with E-state index in [0.717, 1.165) is 72.0 Å². The minimum atomic E-state index is 0.0433. The fourth-order valence-electron chi connectivity index (χ4n) is 3.49. The van der Waals surface area contributed by atoms with Crippen molar-refractivity contribution in [1.82, 2.24) is 20.2 Å². The quantitative estimate of drug-likeness (QED) is 0.888. The lowest BCUT2D eigenvalue weighted by Crippen LogP contribution is -2.46. The van der Waals surface area contributed by atoms with Gasteiger partial charge in [-0.05, 0) is 38.3 Å². The Morgan fingerprint density at radius 3 is 2.72 bits per heavy atom. The highest BCUT2D eigenvalue weighted by atomic mass is 32.1. The molecular formula is C18H25N5OS. The molecule has 2 aromatic heterocycles. The van der Waals surface area contributed by atoms with Gasteiger partial charge in [-0.15, -0.1) is 11.3 Å². The molecule has 0 spiro atoms. The van der Waals surface area contributed by atoms with Crippen LogP contribution >= 0.6 is 11.3 Å².